The lowest BCUT2D eigenvalue weighted by atomic mass is 10.2. The Morgan fingerprint density at radius 1 is 1.26 bits per heavy atom. The van der Waals surface area contributed by atoms with Gasteiger partial charge in [-0.3, -0.25) is 0 Å². The molecule has 0 aromatic carbocycles. The first kappa shape index (κ1) is 15.9. The van der Waals surface area contributed by atoms with E-state index in [1.54, 1.807) is 0 Å². The molecule has 1 atom stereocenters. The van der Waals surface area contributed by atoms with Gasteiger partial charge in [-0.2, -0.15) is 0 Å². The fourth-order valence-electron chi connectivity index (χ4n) is 1.14. The molecule has 19 heavy (non-hydrogen) atoms. The minimum Gasteiger partial charge on any atom is -0.458 e. The third-order valence-electron chi connectivity index (χ3n) is 3.44. The molecule has 0 radical (unpaired) electrons. The minimum atomic E-state index is -1.73. The van der Waals surface area contributed by atoms with Gasteiger partial charge in [-0.25, -0.2) is 9.97 Å². The highest BCUT2D eigenvalue weighted by Gasteiger charge is 2.37. The van der Waals surface area contributed by atoms with Gasteiger partial charge in [0.2, 0.25) is 0 Å². The lowest BCUT2D eigenvalue weighted by Gasteiger charge is -2.36. The average Bonchev–Trinajstić information content (AvgIpc) is 2.28. The molecule has 1 rings (SSSR count). The van der Waals surface area contributed by atoms with Crippen molar-refractivity contribution < 1.29 is 9.16 Å². The van der Waals surface area contributed by atoms with Crippen LogP contribution in [-0.2, 0) is 4.43 Å². The van der Waals surface area contributed by atoms with Crippen LogP contribution in [-0.4, -0.2) is 31.0 Å². The largest absolute Gasteiger partial charge is 0.458 e. The molecule has 0 aliphatic rings. The Kier molecular flexibility index (Phi) is 4.92. The molecule has 5 nitrogen and oxygen atoms in total. The normalized spacial score (nSPS) is 14.2. The Morgan fingerprint density at radius 2 is 1.79 bits per heavy atom. The Balaban J connectivity index is 2.48. The smallest absolute Gasteiger partial charge is 0.316 e. The number of hydrogen-bond acceptors (Lipinski definition) is 5. The van der Waals surface area contributed by atoms with Crippen molar-refractivity contribution in [2.45, 2.75) is 51.9 Å². The number of nitrogens with zero attached hydrogens (tertiary/aromatic N) is 2. The topological polar surface area (TPSA) is 70.3 Å². The summed E-state index contributed by atoms with van der Waals surface area (Å²) in [7, 11) is -1.73. The van der Waals surface area contributed by atoms with Crippen molar-refractivity contribution in [1.82, 2.24) is 9.97 Å². The van der Waals surface area contributed by atoms with E-state index >= 15 is 0 Å². The Hall–Kier alpha value is -1.14. The van der Waals surface area contributed by atoms with Gasteiger partial charge in [0.25, 0.3) is 0 Å². The predicted octanol–water partition coefficient (Wildman–Crippen LogP) is 2.85. The predicted molar refractivity (Wildman–Crippen MR) is 79.7 cm³/mol. The van der Waals surface area contributed by atoms with Gasteiger partial charge in [-0.15, -0.1) is 0 Å². The molecule has 0 fully saturated rings. The van der Waals surface area contributed by atoms with Crippen molar-refractivity contribution in [2.75, 3.05) is 12.3 Å². The highest BCUT2D eigenvalue weighted by molar-refractivity contribution is 6.74. The summed E-state index contributed by atoms with van der Waals surface area (Å²) in [4.78, 5) is 8.02. The van der Waals surface area contributed by atoms with Crippen LogP contribution in [0.2, 0.25) is 18.1 Å². The summed E-state index contributed by atoms with van der Waals surface area (Å²) in [5.74, 6) is 0. The molecule has 108 valence electrons. The maximum absolute atomic E-state index is 6.09. The van der Waals surface area contributed by atoms with Crippen LogP contribution < -0.4 is 10.5 Å². The summed E-state index contributed by atoms with van der Waals surface area (Å²) in [6, 6.07) is 0.334. The van der Waals surface area contributed by atoms with Crippen molar-refractivity contribution in [3.63, 3.8) is 0 Å². The number of aromatic nitrogens is 2. The first-order chi connectivity index (χ1) is 8.62. The van der Waals surface area contributed by atoms with E-state index in [1.807, 2.05) is 6.92 Å². The third kappa shape index (κ3) is 4.79. The van der Waals surface area contributed by atoms with E-state index in [-0.39, 0.29) is 11.1 Å². The maximum atomic E-state index is 6.09. The van der Waals surface area contributed by atoms with E-state index in [1.165, 1.54) is 12.4 Å². The number of hydrogen-bond donors (Lipinski definition) is 1. The highest BCUT2D eigenvalue weighted by atomic mass is 28.4. The van der Waals surface area contributed by atoms with Crippen molar-refractivity contribution in [3.8, 4) is 6.01 Å². The first-order valence-electron chi connectivity index (χ1n) is 6.50. The van der Waals surface area contributed by atoms with E-state index in [0.29, 0.717) is 18.3 Å². The lowest BCUT2D eigenvalue weighted by molar-refractivity contribution is 0.124. The van der Waals surface area contributed by atoms with E-state index < -0.39 is 8.32 Å². The quantitative estimate of drug-likeness (QED) is 0.841. The van der Waals surface area contributed by atoms with Gasteiger partial charge in [0.15, 0.2) is 8.32 Å². The number of anilines is 1. The second-order valence-electron chi connectivity index (χ2n) is 6.30. The van der Waals surface area contributed by atoms with Crippen LogP contribution in [0.25, 0.3) is 0 Å². The van der Waals surface area contributed by atoms with Crippen LogP contribution >= 0.6 is 0 Å². The van der Waals surface area contributed by atoms with Gasteiger partial charge < -0.3 is 14.9 Å². The second-order valence-corrected chi connectivity index (χ2v) is 11.1. The monoisotopic (exact) mass is 283 g/mol. The molecule has 0 bridgehead atoms. The molecule has 0 amide bonds. The number of nitrogen functional groups attached to an aromatic ring is 1. The summed E-state index contributed by atoms with van der Waals surface area (Å²) < 4.78 is 11.7. The third-order valence-corrected chi connectivity index (χ3v) is 7.94. The van der Waals surface area contributed by atoms with Gasteiger partial charge >= 0.3 is 6.01 Å². The highest BCUT2D eigenvalue weighted by Crippen LogP contribution is 2.36. The average molecular weight is 283 g/mol. The minimum absolute atomic E-state index is 0.0854. The zero-order valence-corrected chi connectivity index (χ0v) is 13.7. The fourth-order valence-corrected chi connectivity index (χ4v) is 2.23. The molecular formula is C13H25N3O2Si. The fraction of sp³-hybridized carbons (Fsp3) is 0.692. The van der Waals surface area contributed by atoms with Crippen LogP contribution in [0.3, 0.4) is 0 Å². The SMILES string of the molecule is C[C@@H](CO[Si](C)(C)C(C)(C)C)Oc1ncc(N)cn1. The van der Waals surface area contributed by atoms with Crippen molar-refractivity contribution in [2.24, 2.45) is 0 Å². The standard InChI is InChI=1S/C13H25N3O2Si/c1-10(9-17-19(5,6)13(2,3)4)18-12-15-7-11(14)8-16-12/h7-8,10H,9,14H2,1-6H3/t10-/m0/s1. The Morgan fingerprint density at radius 3 is 2.26 bits per heavy atom. The van der Waals surface area contributed by atoms with E-state index in [4.69, 9.17) is 14.9 Å². The molecule has 2 N–H and O–H groups in total. The number of rotatable bonds is 5. The summed E-state index contributed by atoms with van der Waals surface area (Å²) in [5, 5.41) is 0.199. The summed E-state index contributed by atoms with van der Waals surface area (Å²) in [6.07, 6.45) is 2.98. The van der Waals surface area contributed by atoms with Crippen LogP contribution in [0.5, 0.6) is 6.01 Å². The molecule has 0 aliphatic heterocycles. The molecule has 6 heteroatoms. The molecule has 0 saturated carbocycles. The first-order valence-corrected chi connectivity index (χ1v) is 9.41. The molecule has 1 heterocycles. The van der Waals surface area contributed by atoms with Crippen LogP contribution in [0.1, 0.15) is 27.7 Å². The van der Waals surface area contributed by atoms with Crippen LogP contribution in [0, 0.1) is 0 Å². The summed E-state index contributed by atoms with van der Waals surface area (Å²) in [6.45, 7) is 13.6. The van der Waals surface area contributed by atoms with Gasteiger partial charge in [0, 0.05) is 0 Å². The van der Waals surface area contributed by atoms with Crippen molar-refractivity contribution in [3.05, 3.63) is 12.4 Å². The summed E-state index contributed by atoms with van der Waals surface area (Å²) in [5.41, 5.74) is 6.05. The molecule has 0 spiro atoms. The molecular weight excluding hydrogens is 258 g/mol. The lowest BCUT2D eigenvalue weighted by Crippen LogP contribution is -2.43. The number of ether oxygens (including phenoxy) is 1. The molecule has 0 saturated heterocycles. The van der Waals surface area contributed by atoms with Crippen LogP contribution in [0.15, 0.2) is 12.4 Å². The van der Waals surface area contributed by atoms with Gasteiger partial charge in [0.1, 0.15) is 6.10 Å². The van der Waals surface area contributed by atoms with Gasteiger partial charge in [-0.1, -0.05) is 20.8 Å². The van der Waals surface area contributed by atoms with Crippen molar-refractivity contribution >= 4 is 14.0 Å². The maximum Gasteiger partial charge on any atom is 0.316 e. The van der Waals surface area contributed by atoms with E-state index in [0.717, 1.165) is 0 Å². The van der Waals surface area contributed by atoms with Crippen molar-refractivity contribution in [1.29, 1.82) is 0 Å². The van der Waals surface area contributed by atoms with E-state index in [2.05, 4.69) is 43.8 Å². The zero-order chi connectivity index (χ0) is 14.7. The second kappa shape index (κ2) is 5.88. The van der Waals surface area contributed by atoms with Crippen LogP contribution in [0.4, 0.5) is 5.69 Å². The Bertz CT molecular complexity index is 401. The molecule has 0 unspecified atom stereocenters. The molecule has 1 aromatic heterocycles. The Labute approximate surface area is 116 Å². The van der Waals surface area contributed by atoms with Gasteiger partial charge in [-0.05, 0) is 25.1 Å². The van der Waals surface area contributed by atoms with E-state index in [9.17, 15) is 0 Å². The summed E-state index contributed by atoms with van der Waals surface area (Å²) >= 11 is 0. The molecule has 1 aromatic rings. The zero-order valence-electron chi connectivity index (χ0n) is 12.7. The number of nitrogens with two attached hydrogens (primary N) is 1. The molecule has 0 aliphatic carbocycles. The van der Waals surface area contributed by atoms with Gasteiger partial charge in [0.05, 0.1) is 24.7 Å².